The Labute approximate surface area is 179 Å². The molecule has 0 radical (unpaired) electrons. The number of carbonyl (C=O) groups excluding carboxylic acids is 2. The maximum Gasteiger partial charge on any atom is 0.308 e. The third kappa shape index (κ3) is 4.87. The molecule has 0 spiro atoms. The molecule has 3 aromatic rings. The van der Waals surface area contributed by atoms with Gasteiger partial charge in [0.05, 0.1) is 15.1 Å². The number of fused-ring (bicyclic) bond motifs is 1. The number of ether oxygens (including phenoxy) is 2. The topological polar surface area (TPSA) is 109 Å². The smallest absolute Gasteiger partial charge is 0.308 e. The lowest BCUT2D eigenvalue weighted by molar-refractivity contribution is -0.385. The van der Waals surface area contributed by atoms with Crippen LogP contribution in [0.1, 0.15) is 25.1 Å². The zero-order valence-corrected chi connectivity index (χ0v) is 17.5. The van der Waals surface area contributed by atoms with E-state index in [1.807, 2.05) is 12.1 Å². The number of pyridine rings is 1. The van der Waals surface area contributed by atoms with Crippen LogP contribution in [-0.2, 0) is 9.59 Å². The molecule has 8 nitrogen and oxygen atoms in total. The third-order valence-electron chi connectivity index (χ3n) is 3.91. The van der Waals surface area contributed by atoms with E-state index in [1.165, 1.54) is 26.0 Å². The van der Waals surface area contributed by atoms with Crippen LogP contribution >= 0.6 is 15.9 Å². The number of aromatic nitrogens is 1. The summed E-state index contributed by atoms with van der Waals surface area (Å²) in [7, 11) is 0. The van der Waals surface area contributed by atoms with Gasteiger partial charge in [0, 0.05) is 36.9 Å². The van der Waals surface area contributed by atoms with Gasteiger partial charge in [-0.3, -0.25) is 19.7 Å². The fourth-order valence-corrected chi connectivity index (χ4v) is 3.26. The standard InChI is InChI=1S/C21H15BrN2O6/c1-12(25)29-19-5-3-4-14-6-8-16(23-20(14)19)9-7-15-10-17(24(27)28)11-18(22)21(15)30-13(2)26/h3-11H,1-2H3. The third-order valence-corrected chi connectivity index (χ3v) is 4.49. The first-order valence-electron chi connectivity index (χ1n) is 8.67. The molecule has 1 aromatic heterocycles. The van der Waals surface area contributed by atoms with E-state index < -0.39 is 16.9 Å². The van der Waals surface area contributed by atoms with Crippen molar-refractivity contribution in [2.75, 3.05) is 0 Å². The number of para-hydroxylation sites is 1. The Kier molecular flexibility index (Phi) is 6.22. The van der Waals surface area contributed by atoms with Gasteiger partial charge in [-0.15, -0.1) is 0 Å². The van der Waals surface area contributed by atoms with Gasteiger partial charge in [0.25, 0.3) is 5.69 Å². The number of hydrogen-bond donors (Lipinski definition) is 0. The van der Waals surface area contributed by atoms with Gasteiger partial charge in [0.1, 0.15) is 5.52 Å². The van der Waals surface area contributed by atoms with Crippen molar-refractivity contribution in [2.45, 2.75) is 13.8 Å². The number of nitrogens with zero attached hydrogens (tertiary/aromatic N) is 2. The molecule has 0 saturated carbocycles. The normalized spacial score (nSPS) is 10.9. The van der Waals surface area contributed by atoms with E-state index in [0.29, 0.717) is 22.5 Å². The van der Waals surface area contributed by atoms with Gasteiger partial charge in [-0.25, -0.2) is 4.98 Å². The first-order chi connectivity index (χ1) is 14.2. The Morgan fingerprint density at radius 3 is 2.47 bits per heavy atom. The quantitative estimate of drug-likeness (QED) is 0.225. The summed E-state index contributed by atoms with van der Waals surface area (Å²) in [6, 6.07) is 11.3. The van der Waals surface area contributed by atoms with E-state index in [-0.39, 0.29) is 15.9 Å². The van der Waals surface area contributed by atoms with Gasteiger partial charge < -0.3 is 9.47 Å². The largest absolute Gasteiger partial charge is 0.425 e. The molecule has 0 fully saturated rings. The highest BCUT2D eigenvalue weighted by molar-refractivity contribution is 9.10. The molecule has 0 aliphatic rings. The number of rotatable bonds is 5. The minimum Gasteiger partial charge on any atom is -0.425 e. The lowest BCUT2D eigenvalue weighted by atomic mass is 10.1. The van der Waals surface area contributed by atoms with Gasteiger partial charge in [-0.1, -0.05) is 18.2 Å². The predicted octanol–water partition coefficient (Wildman–Crippen LogP) is 4.93. The van der Waals surface area contributed by atoms with Crippen molar-refractivity contribution in [1.82, 2.24) is 4.98 Å². The first-order valence-corrected chi connectivity index (χ1v) is 9.46. The summed E-state index contributed by atoms with van der Waals surface area (Å²) in [4.78, 5) is 37.9. The predicted molar refractivity (Wildman–Crippen MR) is 114 cm³/mol. The average Bonchev–Trinajstić information content (AvgIpc) is 2.67. The van der Waals surface area contributed by atoms with Crippen molar-refractivity contribution in [3.05, 3.63) is 68.3 Å². The zero-order chi connectivity index (χ0) is 21.8. The highest BCUT2D eigenvalue weighted by atomic mass is 79.9. The summed E-state index contributed by atoms with van der Waals surface area (Å²) in [6.07, 6.45) is 3.17. The average molecular weight is 471 g/mol. The molecule has 0 N–H and O–H groups in total. The summed E-state index contributed by atoms with van der Waals surface area (Å²) in [5, 5.41) is 12.0. The zero-order valence-electron chi connectivity index (χ0n) is 15.9. The Bertz CT molecular complexity index is 1210. The van der Waals surface area contributed by atoms with Crippen molar-refractivity contribution in [3.63, 3.8) is 0 Å². The number of esters is 2. The van der Waals surface area contributed by atoms with Crippen LogP contribution in [0, 0.1) is 10.1 Å². The highest BCUT2D eigenvalue weighted by Crippen LogP contribution is 2.35. The molecule has 2 aromatic carbocycles. The van der Waals surface area contributed by atoms with Gasteiger partial charge in [0.15, 0.2) is 11.5 Å². The molecule has 3 rings (SSSR count). The molecule has 0 bridgehead atoms. The molecule has 0 saturated heterocycles. The second kappa shape index (κ2) is 8.83. The van der Waals surface area contributed by atoms with Crippen molar-refractivity contribution >= 4 is 56.6 Å². The Morgan fingerprint density at radius 1 is 1.07 bits per heavy atom. The number of hydrogen-bond acceptors (Lipinski definition) is 7. The Hall–Kier alpha value is -3.59. The summed E-state index contributed by atoms with van der Waals surface area (Å²) < 4.78 is 10.7. The lowest BCUT2D eigenvalue weighted by Crippen LogP contribution is -2.04. The monoisotopic (exact) mass is 470 g/mol. The van der Waals surface area contributed by atoms with E-state index in [2.05, 4.69) is 20.9 Å². The number of non-ortho nitro benzene ring substituents is 1. The first kappa shape index (κ1) is 21.1. The highest BCUT2D eigenvalue weighted by Gasteiger charge is 2.16. The molecule has 9 heteroatoms. The molecule has 152 valence electrons. The van der Waals surface area contributed by atoms with Crippen LogP contribution < -0.4 is 9.47 Å². The fraction of sp³-hybridized carbons (Fsp3) is 0.0952. The summed E-state index contributed by atoms with van der Waals surface area (Å²) in [5.74, 6) is -0.536. The summed E-state index contributed by atoms with van der Waals surface area (Å²) in [6.45, 7) is 2.54. The van der Waals surface area contributed by atoms with Gasteiger partial charge in [-0.05, 0) is 40.2 Å². The summed E-state index contributed by atoms with van der Waals surface area (Å²) >= 11 is 3.21. The molecule has 0 unspecified atom stereocenters. The molecule has 0 aliphatic carbocycles. The molecule has 1 heterocycles. The van der Waals surface area contributed by atoms with Crippen LogP contribution in [0.25, 0.3) is 23.1 Å². The molecular formula is C21H15BrN2O6. The molecule has 0 atom stereocenters. The fourth-order valence-electron chi connectivity index (χ4n) is 2.72. The Balaban J connectivity index is 2.06. The lowest BCUT2D eigenvalue weighted by Gasteiger charge is -2.09. The van der Waals surface area contributed by atoms with Crippen LogP contribution in [0.4, 0.5) is 5.69 Å². The molecule has 30 heavy (non-hydrogen) atoms. The van der Waals surface area contributed by atoms with E-state index in [0.717, 1.165) is 5.39 Å². The van der Waals surface area contributed by atoms with Crippen molar-refractivity contribution < 1.29 is 24.0 Å². The van der Waals surface area contributed by atoms with Crippen LogP contribution in [0.5, 0.6) is 11.5 Å². The van der Waals surface area contributed by atoms with Crippen molar-refractivity contribution in [3.8, 4) is 11.5 Å². The minimum atomic E-state index is -0.561. The van der Waals surface area contributed by atoms with Gasteiger partial charge >= 0.3 is 11.9 Å². The van der Waals surface area contributed by atoms with E-state index in [4.69, 9.17) is 9.47 Å². The molecule has 0 aliphatic heterocycles. The number of benzene rings is 2. The minimum absolute atomic E-state index is 0.158. The molecule has 0 amide bonds. The second-order valence-electron chi connectivity index (χ2n) is 6.19. The Morgan fingerprint density at radius 2 is 1.80 bits per heavy atom. The van der Waals surface area contributed by atoms with Crippen molar-refractivity contribution in [1.29, 1.82) is 0 Å². The van der Waals surface area contributed by atoms with E-state index >= 15 is 0 Å². The number of carbonyl (C=O) groups is 2. The van der Waals surface area contributed by atoms with Gasteiger partial charge in [-0.2, -0.15) is 0 Å². The van der Waals surface area contributed by atoms with Gasteiger partial charge in [0.2, 0.25) is 0 Å². The van der Waals surface area contributed by atoms with Crippen LogP contribution in [0.2, 0.25) is 0 Å². The summed E-state index contributed by atoms with van der Waals surface area (Å²) in [5.41, 5.74) is 1.16. The number of nitro benzene ring substituents is 1. The number of nitro groups is 1. The van der Waals surface area contributed by atoms with Crippen LogP contribution in [-0.4, -0.2) is 21.8 Å². The maximum atomic E-state index is 11.4. The van der Waals surface area contributed by atoms with Crippen LogP contribution in [0.15, 0.2) is 46.9 Å². The van der Waals surface area contributed by atoms with E-state index in [1.54, 1.807) is 30.4 Å². The van der Waals surface area contributed by atoms with Crippen molar-refractivity contribution in [2.24, 2.45) is 0 Å². The van der Waals surface area contributed by atoms with E-state index in [9.17, 15) is 19.7 Å². The second-order valence-corrected chi connectivity index (χ2v) is 7.04. The van der Waals surface area contributed by atoms with Crippen LogP contribution in [0.3, 0.4) is 0 Å². The molecular weight excluding hydrogens is 456 g/mol. The maximum absolute atomic E-state index is 11.4. The number of halogens is 1. The SMILES string of the molecule is CC(=O)Oc1c(Br)cc([N+](=O)[O-])cc1C=Cc1ccc2cccc(OC(C)=O)c2n1.